The van der Waals surface area contributed by atoms with Crippen molar-refractivity contribution in [3.8, 4) is 0 Å². The maximum Gasteiger partial charge on any atom is 0.292 e. The number of amides is 4. The number of hydrazine groups is 1. The summed E-state index contributed by atoms with van der Waals surface area (Å²) in [6, 6.07) is 15.1. The minimum atomic E-state index is -0.710. The van der Waals surface area contributed by atoms with E-state index >= 15 is 0 Å². The second kappa shape index (κ2) is 8.60. The first-order valence-corrected chi connectivity index (χ1v) is 10.5. The maximum absolute atomic E-state index is 12.7. The van der Waals surface area contributed by atoms with E-state index < -0.39 is 11.9 Å². The molecule has 0 bridgehead atoms. The lowest BCUT2D eigenvalue weighted by molar-refractivity contribution is -0.125. The van der Waals surface area contributed by atoms with Gasteiger partial charge in [-0.25, -0.2) is 10.0 Å². The number of hydrogen-bond donors (Lipinski definition) is 2. The largest absolute Gasteiger partial charge is 0.319 e. The molecular formula is C21H19N5O4S. The SMILES string of the molecule is CC1N=C(C(=O)Nc2ccc(CN3C(=O)CSC3=O)cc2)NN(c2ccccc2)C1=O. The van der Waals surface area contributed by atoms with Crippen LogP contribution in [-0.4, -0.2) is 45.5 Å². The highest BCUT2D eigenvalue weighted by molar-refractivity contribution is 8.14. The summed E-state index contributed by atoms with van der Waals surface area (Å²) in [6.45, 7) is 1.82. The zero-order valence-electron chi connectivity index (χ0n) is 16.6. The van der Waals surface area contributed by atoms with Gasteiger partial charge in [0.1, 0.15) is 6.04 Å². The van der Waals surface area contributed by atoms with E-state index in [0.29, 0.717) is 11.4 Å². The summed E-state index contributed by atoms with van der Waals surface area (Å²) in [4.78, 5) is 54.0. The Morgan fingerprint density at radius 1 is 1.13 bits per heavy atom. The number of carbonyl (C=O) groups excluding carboxylic acids is 4. The maximum atomic E-state index is 12.7. The molecule has 4 rings (SSSR count). The van der Waals surface area contributed by atoms with Crippen molar-refractivity contribution in [3.63, 3.8) is 0 Å². The smallest absolute Gasteiger partial charge is 0.292 e. The monoisotopic (exact) mass is 437 g/mol. The Bertz CT molecular complexity index is 1050. The Morgan fingerprint density at radius 2 is 1.84 bits per heavy atom. The summed E-state index contributed by atoms with van der Waals surface area (Å²) in [5.41, 5.74) is 4.67. The molecule has 158 valence electrons. The van der Waals surface area contributed by atoms with Gasteiger partial charge >= 0.3 is 0 Å². The number of imide groups is 1. The van der Waals surface area contributed by atoms with Crippen LogP contribution in [0.25, 0.3) is 0 Å². The number of benzene rings is 2. The molecule has 4 amide bonds. The van der Waals surface area contributed by atoms with Gasteiger partial charge in [0.15, 0.2) is 0 Å². The predicted molar refractivity (Wildman–Crippen MR) is 117 cm³/mol. The first kappa shape index (κ1) is 20.6. The Hall–Kier alpha value is -3.66. The highest BCUT2D eigenvalue weighted by atomic mass is 32.2. The molecule has 2 aliphatic heterocycles. The number of thioether (sulfide) groups is 1. The van der Waals surface area contributed by atoms with E-state index in [1.807, 2.05) is 6.07 Å². The lowest BCUT2D eigenvalue weighted by Crippen LogP contribution is -2.57. The second-order valence-electron chi connectivity index (χ2n) is 6.96. The number of para-hydroxylation sites is 1. The van der Waals surface area contributed by atoms with Crippen LogP contribution < -0.4 is 15.8 Å². The summed E-state index contributed by atoms with van der Waals surface area (Å²) >= 11 is 0.991. The Morgan fingerprint density at radius 3 is 2.48 bits per heavy atom. The molecule has 1 fully saturated rings. The van der Waals surface area contributed by atoms with Crippen molar-refractivity contribution >= 4 is 51.9 Å². The first-order chi connectivity index (χ1) is 14.9. The molecule has 31 heavy (non-hydrogen) atoms. The summed E-state index contributed by atoms with van der Waals surface area (Å²) in [5, 5.41) is 3.78. The van der Waals surface area contributed by atoms with E-state index in [2.05, 4.69) is 15.7 Å². The number of nitrogens with zero attached hydrogens (tertiary/aromatic N) is 3. The molecule has 0 radical (unpaired) electrons. The lowest BCUT2D eigenvalue weighted by atomic mass is 10.2. The Labute approximate surface area is 182 Å². The fraction of sp³-hybridized carbons (Fsp3) is 0.190. The predicted octanol–water partition coefficient (Wildman–Crippen LogP) is 2.16. The standard InChI is InChI=1S/C21H19N5O4S/c1-13-20(29)26(16-5-3-2-4-6-16)24-18(22-13)19(28)23-15-9-7-14(8-10-15)11-25-17(27)12-31-21(25)30/h2-10,13H,11-12H2,1H3,(H,22,24)(H,23,28). The van der Waals surface area contributed by atoms with Gasteiger partial charge in [0.25, 0.3) is 17.1 Å². The first-order valence-electron chi connectivity index (χ1n) is 9.53. The van der Waals surface area contributed by atoms with Crippen molar-refractivity contribution in [2.24, 2.45) is 4.99 Å². The van der Waals surface area contributed by atoms with E-state index in [0.717, 1.165) is 17.3 Å². The Kier molecular flexibility index (Phi) is 5.72. The van der Waals surface area contributed by atoms with Crippen LogP contribution in [0.4, 0.5) is 16.2 Å². The van der Waals surface area contributed by atoms with E-state index in [9.17, 15) is 19.2 Å². The summed E-state index contributed by atoms with van der Waals surface area (Å²) in [6.07, 6.45) is 0. The van der Waals surface area contributed by atoms with Gasteiger partial charge in [-0.05, 0) is 36.8 Å². The molecule has 0 spiro atoms. The van der Waals surface area contributed by atoms with Crippen molar-refractivity contribution in [1.29, 1.82) is 0 Å². The van der Waals surface area contributed by atoms with Crippen LogP contribution in [-0.2, 0) is 20.9 Å². The average Bonchev–Trinajstić information content (AvgIpc) is 3.09. The quantitative estimate of drug-likeness (QED) is 0.742. The van der Waals surface area contributed by atoms with E-state index in [1.54, 1.807) is 55.5 Å². The van der Waals surface area contributed by atoms with E-state index in [4.69, 9.17) is 0 Å². The van der Waals surface area contributed by atoms with Crippen LogP contribution >= 0.6 is 11.8 Å². The van der Waals surface area contributed by atoms with Crippen LogP contribution in [0.5, 0.6) is 0 Å². The minimum absolute atomic E-state index is 0.0188. The van der Waals surface area contributed by atoms with Crippen LogP contribution in [0.15, 0.2) is 59.6 Å². The zero-order chi connectivity index (χ0) is 22.0. The zero-order valence-corrected chi connectivity index (χ0v) is 17.4. The molecule has 1 atom stereocenters. The lowest BCUT2D eigenvalue weighted by Gasteiger charge is -2.30. The molecule has 2 heterocycles. The number of nitrogens with one attached hydrogen (secondary N) is 2. The van der Waals surface area contributed by atoms with Gasteiger partial charge in [0, 0.05) is 5.69 Å². The van der Waals surface area contributed by atoms with Crippen molar-refractivity contribution in [3.05, 3.63) is 60.2 Å². The number of aliphatic imine (C=N–C) groups is 1. The molecule has 2 aromatic rings. The molecule has 10 heteroatoms. The van der Waals surface area contributed by atoms with Crippen LogP contribution in [0, 0.1) is 0 Å². The third-order valence-electron chi connectivity index (χ3n) is 4.74. The Balaban J connectivity index is 1.43. The topological polar surface area (TPSA) is 111 Å². The molecular weight excluding hydrogens is 418 g/mol. The van der Waals surface area contributed by atoms with Gasteiger partial charge in [0.2, 0.25) is 11.7 Å². The fourth-order valence-corrected chi connectivity index (χ4v) is 3.83. The highest BCUT2D eigenvalue weighted by Crippen LogP contribution is 2.22. The van der Waals surface area contributed by atoms with E-state index in [1.165, 1.54) is 9.91 Å². The fourth-order valence-electron chi connectivity index (χ4n) is 3.10. The number of anilines is 2. The second-order valence-corrected chi connectivity index (χ2v) is 7.89. The number of rotatable bonds is 5. The minimum Gasteiger partial charge on any atom is -0.319 e. The van der Waals surface area contributed by atoms with Crippen molar-refractivity contribution < 1.29 is 19.2 Å². The summed E-state index contributed by atoms with van der Waals surface area (Å²) < 4.78 is 0. The molecule has 2 aromatic carbocycles. The van der Waals surface area contributed by atoms with Gasteiger partial charge in [0.05, 0.1) is 18.0 Å². The van der Waals surface area contributed by atoms with Crippen molar-refractivity contribution in [2.45, 2.75) is 19.5 Å². The molecule has 0 aliphatic carbocycles. The normalized spacial score (nSPS) is 18.7. The van der Waals surface area contributed by atoms with Gasteiger partial charge in [-0.3, -0.25) is 29.5 Å². The molecule has 2 N–H and O–H groups in total. The molecule has 9 nitrogen and oxygen atoms in total. The van der Waals surface area contributed by atoms with Crippen LogP contribution in [0.1, 0.15) is 12.5 Å². The third-order valence-corrected chi connectivity index (χ3v) is 5.60. The molecule has 2 aliphatic rings. The number of amidine groups is 1. The van der Waals surface area contributed by atoms with Crippen molar-refractivity contribution in [2.75, 3.05) is 16.1 Å². The van der Waals surface area contributed by atoms with Gasteiger partial charge < -0.3 is 5.32 Å². The average molecular weight is 437 g/mol. The summed E-state index contributed by atoms with van der Waals surface area (Å²) in [5.74, 6) is -0.778. The molecule has 1 unspecified atom stereocenters. The van der Waals surface area contributed by atoms with Gasteiger partial charge in [-0.15, -0.1) is 0 Å². The molecule has 0 saturated carbocycles. The van der Waals surface area contributed by atoms with Crippen molar-refractivity contribution in [1.82, 2.24) is 10.3 Å². The highest BCUT2D eigenvalue weighted by Gasteiger charge is 2.31. The van der Waals surface area contributed by atoms with Gasteiger partial charge in [-0.2, -0.15) is 0 Å². The summed E-state index contributed by atoms with van der Waals surface area (Å²) in [7, 11) is 0. The van der Waals surface area contributed by atoms with Crippen LogP contribution in [0.3, 0.4) is 0 Å². The molecule has 1 saturated heterocycles. The number of carbonyl (C=O) groups is 4. The van der Waals surface area contributed by atoms with Crippen LogP contribution in [0.2, 0.25) is 0 Å². The third kappa shape index (κ3) is 4.43. The van der Waals surface area contributed by atoms with Gasteiger partial charge in [-0.1, -0.05) is 42.1 Å². The number of hydrogen-bond acceptors (Lipinski definition) is 7. The molecule has 0 aromatic heterocycles. The van der Waals surface area contributed by atoms with E-state index in [-0.39, 0.29) is 35.2 Å².